The number of ether oxygens (including phenoxy) is 1. The molecule has 2 heterocycles. The number of fused-ring (bicyclic) bond motifs is 1. The Morgan fingerprint density at radius 3 is 2.79 bits per heavy atom. The molecule has 4 aromatic rings. The Balaban J connectivity index is 1.31. The number of anilines is 1. The van der Waals surface area contributed by atoms with E-state index >= 15 is 0 Å². The number of nitrogens with one attached hydrogen (secondary N) is 2. The second kappa shape index (κ2) is 10.2. The molecule has 170 valence electrons. The number of benzene rings is 2. The lowest BCUT2D eigenvalue weighted by Crippen LogP contribution is -2.27. The number of hydrogen-bond donors (Lipinski definition) is 2. The molecular formula is C23H23N5O4S. The van der Waals surface area contributed by atoms with E-state index < -0.39 is 0 Å². The van der Waals surface area contributed by atoms with Crippen molar-refractivity contribution in [2.75, 3.05) is 18.5 Å². The molecule has 0 spiro atoms. The zero-order valence-corrected chi connectivity index (χ0v) is 19.1. The Bertz CT molecular complexity index is 1280. The summed E-state index contributed by atoms with van der Waals surface area (Å²) in [4.78, 5) is 33.5. The van der Waals surface area contributed by atoms with Crippen molar-refractivity contribution >= 4 is 38.5 Å². The lowest BCUT2D eigenvalue weighted by molar-refractivity contribution is -0.116. The fraction of sp³-hybridized carbons (Fsp3) is 0.261. The molecule has 0 fully saturated rings. The summed E-state index contributed by atoms with van der Waals surface area (Å²) in [7, 11) is 0. The second-order valence-electron chi connectivity index (χ2n) is 7.24. The SMILES string of the molecule is CCCOc1cccc2nc(NC(=O)CCNC(=O)c3cccc(-c4noc(C)n4)c3)sc12. The van der Waals surface area contributed by atoms with E-state index in [1.165, 1.54) is 11.3 Å². The average Bonchev–Trinajstić information content (AvgIpc) is 3.43. The van der Waals surface area contributed by atoms with Crippen molar-refractivity contribution in [2.24, 2.45) is 0 Å². The molecule has 2 aromatic carbocycles. The van der Waals surface area contributed by atoms with Gasteiger partial charge < -0.3 is 19.9 Å². The number of carbonyl (C=O) groups excluding carboxylic acids is 2. The van der Waals surface area contributed by atoms with Gasteiger partial charge in [-0.2, -0.15) is 4.98 Å². The van der Waals surface area contributed by atoms with Gasteiger partial charge in [0.15, 0.2) is 5.13 Å². The summed E-state index contributed by atoms with van der Waals surface area (Å²) in [5, 5.41) is 9.91. The average molecular weight is 466 g/mol. The maximum atomic E-state index is 12.5. The van der Waals surface area contributed by atoms with Crippen molar-refractivity contribution in [3.05, 3.63) is 53.9 Å². The monoisotopic (exact) mass is 465 g/mol. The van der Waals surface area contributed by atoms with Crippen LogP contribution >= 0.6 is 11.3 Å². The van der Waals surface area contributed by atoms with E-state index in [1.54, 1.807) is 31.2 Å². The highest BCUT2D eigenvalue weighted by Gasteiger charge is 2.13. The maximum absolute atomic E-state index is 12.5. The summed E-state index contributed by atoms with van der Waals surface area (Å²) in [6, 6.07) is 12.6. The van der Waals surface area contributed by atoms with Crippen LogP contribution in [0.1, 0.15) is 36.0 Å². The lowest BCUT2D eigenvalue weighted by atomic mass is 10.1. The molecule has 2 N–H and O–H groups in total. The minimum absolute atomic E-state index is 0.116. The topological polar surface area (TPSA) is 119 Å². The first-order chi connectivity index (χ1) is 16.0. The van der Waals surface area contributed by atoms with Crippen molar-refractivity contribution in [1.29, 1.82) is 0 Å². The van der Waals surface area contributed by atoms with Gasteiger partial charge in [0, 0.05) is 31.0 Å². The molecule has 0 bridgehead atoms. The van der Waals surface area contributed by atoms with Crippen LogP contribution in [0, 0.1) is 6.92 Å². The second-order valence-corrected chi connectivity index (χ2v) is 8.24. The van der Waals surface area contributed by atoms with Gasteiger partial charge in [-0.1, -0.05) is 41.6 Å². The molecule has 0 saturated carbocycles. The van der Waals surface area contributed by atoms with Crippen LogP contribution in [0.5, 0.6) is 5.75 Å². The van der Waals surface area contributed by atoms with Gasteiger partial charge in [-0.15, -0.1) is 0 Å². The number of aryl methyl sites for hydroxylation is 1. The van der Waals surface area contributed by atoms with Gasteiger partial charge in [-0.3, -0.25) is 9.59 Å². The zero-order valence-electron chi connectivity index (χ0n) is 18.3. The smallest absolute Gasteiger partial charge is 0.251 e. The molecule has 2 aromatic heterocycles. The van der Waals surface area contributed by atoms with Crippen LogP contribution in [0.2, 0.25) is 0 Å². The summed E-state index contributed by atoms with van der Waals surface area (Å²) in [6.07, 6.45) is 1.02. The van der Waals surface area contributed by atoms with Gasteiger partial charge in [-0.25, -0.2) is 4.98 Å². The van der Waals surface area contributed by atoms with E-state index in [0.29, 0.717) is 34.6 Å². The predicted molar refractivity (Wildman–Crippen MR) is 125 cm³/mol. The fourth-order valence-electron chi connectivity index (χ4n) is 3.09. The third-order valence-corrected chi connectivity index (χ3v) is 5.64. The Morgan fingerprint density at radius 2 is 2.00 bits per heavy atom. The number of amides is 2. The van der Waals surface area contributed by atoms with E-state index in [9.17, 15) is 9.59 Å². The van der Waals surface area contributed by atoms with Crippen LogP contribution in [0.4, 0.5) is 5.13 Å². The molecule has 10 heteroatoms. The molecule has 9 nitrogen and oxygen atoms in total. The molecule has 0 aliphatic carbocycles. The lowest BCUT2D eigenvalue weighted by Gasteiger charge is -2.06. The van der Waals surface area contributed by atoms with Gasteiger partial charge in [0.1, 0.15) is 5.75 Å². The van der Waals surface area contributed by atoms with Crippen LogP contribution in [-0.2, 0) is 4.79 Å². The third kappa shape index (κ3) is 5.53. The van der Waals surface area contributed by atoms with Crippen molar-refractivity contribution in [2.45, 2.75) is 26.7 Å². The maximum Gasteiger partial charge on any atom is 0.251 e. The Hall–Kier alpha value is -3.79. The van der Waals surface area contributed by atoms with E-state index in [-0.39, 0.29) is 24.8 Å². The number of rotatable bonds is 9. The minimum Gasteiger partial charge on any atom is -0.492 e. The molecule has 4 rings (SSSR count). The van der Waals surface area contributed by atoms with E-state index in [2.05, 4.69) is 25.8 Å². The van der Waals surface area contributed by atoms with Crippen molar-refractivity contribution in [3.8, 4) is 17.1 Å². The van der Waals surface area contributed by atoms with Crippen LogP contribution < -0.4 is 15.4 Å². The summed E-state index contributed by atoms with van der Waals surface area (Å²) >= 11 is 1.37. The van der Waals surface area contributed by atoms with Gasteiger partial charge in [0.2, 0.25) is 17.6 Å². The Morgan fingerprint density at radius 1 is 1.15 bits per heavy atom. The van der Waals surface area contributed by atoms with Gasteiger partial charge in [-0.05, 0) is 30.7 Å². The molecule has 33 heavy (non-hydrogen) atoms. The van der Waals surface area contributed by atoms with Crippen LogP contribution in [0.15, 0.2) is 47.0 Å². The van der Waals surface area contributed by atoms with Gasteiger partial charge in [0.25, 0.3) is 5.91 Å². The molecule has 0 unspecified atom stereocenters. The quantitative estimate of drug-likeness (QED) is 0.380. The Kier molecular flexibility index (Phi) is 6.94. The molecule has 0 aliphatic rings. The van der Waals surface area contributed by atoms with E-state index in [0.717, 1.165) is 22.4 Å². The highest BCUT2D eigenvalue weighted by atomic mass is 32.1. The summed E-state index contributed by atoms with van der Waals surface area (Å²) in [6.45, 7) is 4.55. The van der Waals surface area contributed by atoms with Crippen molar-refractivity contribution in [1.82, 2.24) is 20.4 Å². The van der Waals surface area contributed by atoms with Crippen LogP contribution in [0.25, 0.3) is 21.6 Å². The highest BCUT2D eigenvalue weighted by molar-refractivity contribution is 7.22. The number of carbonyl (C=O) groups is 2. The minimum atomic E-state index is -0.289. The Labute approximate surface area is 194 Å². The molecule has 2 amide bonds. The van der Waals surface area contributed by atoms with Crippen molar-refractivity contribution in [3.63, 3.8) is 0 Å². The van der Waals surface area contributed by atoms with Gasteiger partial charge >= 0.3 is 0 Å². The van der Waals surface area contributed by atoms with Crippen molar-refractivity contribution < 1.29 is 18.8 Å². The molecular weight excluding hydrogens is 442 g/mol. The van der Waals surface area contributed by atoms with Gasteiger partial charge in [0.05, 0.1) is 16.8 Å². The van der Waals surface area contributed by atoms with E-state index in [4.69, 9.17) is 9.26 Å². The number of hydrogen-bond acceptors (Lipinski definition) is 8. The normalized spacial score (nSPS) is 10.8. The molecule has 0 radical (unpaired) electrons. The van der Waals surface area contributed by atoms with E-state index in [1.807, 2.05) is 25.1 Å². The first kappa shape index (κ1) is 22.4. The first-order valence-corrected chi connectivity index (χ1v) is 11.4. The molecule has 0 atom stereocenters. The highest BCUT2D eigenvalue weighted by Crippen LogP contribution is 2.33. The van der Waals surface area contributed by atoms with Crippen LogP contribution in [-0.4, -0.2) is 40.1 Å². The molecule has 0 aliphatic heterocycles. The zero-order chi connectivity index (χ0) is 23.2. The number of thiazole rings is 1. The summed E-state index contributed by atoms with van der Waals surface area (Å²) in [5.41, 5.74) is 1.89. The standard InChI is InChI=1S/C23H23N5O4S/c1-3-12-31-18-9-5-8-17-20(18)33-23(26-17)27-19(29)10-11-24-22(30)16-7-4-6-15(13-16)21-25-14(2)32-28-21/h4-9,13H,3,10-12H2,1-2H3,(H,24,30)(H,26,27,29). The number of aromatic nitrogens is 3. The predicted octanol–water partition coefficient (Wildman–Crippen LogP) is 4.20. The first-order valence-electron chi connectivity index (χ1n) is 10.5. The summed E-state index contributed by atoms with van der Waals surface area (Å²) in [5.74, 6) is 1.10. The molecule has 0 saturated heterocycles. The third-order valence-electron chi connectivity index (χ3n) is 4.64. The number of nitrogens with zero attached hydrogens (tertiary/aromatic N) is 3. The summed E-state index contributed by atoms with van der Waals surface area (Å²) < 4.78 is 11.6. The van der Waals surface area contributed by atoms with Crippen LogP contribution in [0.3, 0.4) is 0 Å². The fourth-order valence-corrected chi connectivity index (χ4v) is 4.04. The largest absolute Gasteiger partial charge is 0.492 e.